The first-order valence-electron chi connectivity index (χ1n) is 7.16. The average Bonchev–Trinajstić information content (AvgIpc) is 2.81. The Labute approximate surface area is 129 Å². The topological polar surface area (TPSA) is 74.2 Å². The molecule has 6 nitrogen and oxygen atoms in total. The summed E-state index contributed by atoms with van der Waals surface area (Å²) in [4.78, 5) is 11.5. The molecule has 22 heavy (non-hydrogen) atoms. The molecule has 0 unspecified atom stereocenters. The molecule has 1 aromatic rings. The Morgan fingerprint density at radius 2 is 2.00 bits per heavy atom. The fraction of sp³-hybridized carbons (Fsp3) is 0.562. The van der Waals surface area contributed by atoms with E-state index in [1.807, 2.05) is 30.3 Å². The summed E-state index contributed by atoms with van der Waals surface area (Å²) in [7, 11) is 1.22. The molecule has 0 amide bonds. The predicted molar refractivity (Wildman–Crippen MR) is 77.9 cm³/mol. The minimum absolute atomic E-state index is 0.205. The molecule has 3 atom stereocenters. The van der Waals surface area contributed by atoms with Crippen molar-refractivity contribution in [1.82, 2.24) is 0 Å². The lowest BCUT2D eigenvalue weighted by molar-refractivity contribution is -0.171. The largest absolute Gasteiger partial charge is 0.467 e. The summed E-state index contributed by atoms with van der Waals surface area (Å²) in [6.45, 7) is 4.07. The fourth-order valence-corrected chi connectivity index (χ4v) is 2.38. The van der Waals surface area contributed by atoms with Crippen LogP contribution in [0.3, 0.4) is 0 Å². The van der Waals surface area contributed by atoms with Gasteiger partial charge in [-0.25, -0.2) is 4.79 Å². The van der Waals surface area contributed by atoms with Crippen molar-refractivity contribution in [3.8, 4) is 0 Å². The van der Waals surface area contributed by atoms with Crippen LogP contribution < -0.4 is 0 Å². The van der Waals surface area contributed by atoms with Gasteiger partial charge in [-0.3, -0.25) is 0 Å². The fourth-order valence-electron chi connectivity index (χ4n) is 2.38. The Kier molecular flexibility index (Phi) is 5.52. The van der Waals surface area contributed by atoms with Gasteiger partial charge in [0.25, 0.3) is 0 Å². The first-order chi connectivity index (χ1) is 10.4. The van der Waals surface area contributed by atoms with Crippen LogP contribution in [0.5, 0.6) is 0 Å². The lowest BCUT2D eigenvalue weighted by atomic mass is 10.1. The number of benzene rings is 1. The summed E-state index contributed by atoms with van der Waals surface area (Å²) >= 11 is 0. The van der Waals surface area contributed by atoms with E-state index in [9.17, 15) is 9.90 Å². The van der Waals surface area contributed by atoms with E-state index in [2.05, 4.69) is 4.74 Å². The van der Waals surface area contributed by atoms with E-state index in [4.69, 9.17) is 14.2 Å². The zero-order valence-corrected chi connectivity index (χ0v) is 13.0. The Hall–Kier alpha value is -1.47. The van der Waals surface area contributed by atoms with Gasteiger partial charge in [-0.2, -0.15) is 0 Å². The lowest BCUT2D eigenvalue weighted by Gasteiger charge is -2.20. The summed E-state index contributed by atoms with van der Waals surface area (Å²) in [6, 6.07) is 9.71. The van der Waals surface area contributed by atoms with Crippen LogP contribution in [0.25, 0.3) is 0 Å². The second-order valence-corrected chi connectivity index (χ2v) is 5.61. The van der Waals surface area contributed by atoms with Gasteiger partial charge in [0.1, 0.15) is 12.2 Å². The van der Waals surface area contributed by atoms with Crippen LogP contribution in [0.2, 0.25) is 0 Å². The highest BCUT2D eigenvalue weighted by molar-refractivity contribution is 5.75. The number of rotatable bonds is 6. The van der Waals surface area contributed by atoms with Crippen molar-refractivity contribution >= 4 is 5.97 Å². The second kappa shape index (κ2) is 7.19. The number of hydrogen-bond donors (Lipinski definition) is 1. The Morgan fingerprint density at radius 3 is 2.64 bits per heavy atom. The van der Waals surface area contributed by atoms with E-state index in [0.717, 1.165) is 5.56 Å². The number of aliphatic hydroxyl groups is 1. The lowest BCUT2D eigenvalue weighted by Crippen LogP contribution is -2.43. The van der Waals surface area contributed by atoms with Crippen LogP contribution in [-0.4, -0.2) is 48.9 Å². The van der Waals surface area contributed by atoms with Crippen molar-refractivity contribution in [2.24, 2.45) is 0 Å². The minimum atomic E-state index is -1.41. The summed E-state index contributed by atoms with van der Waals surface area (Å²) in [6.07, 6.45) is -2.77. The van der Waals surface area contributed by atoms with Crippen LogP contribution in [0.4, 0.5) is 0 Å². The third-order valence-electron chi connectivity index (χ3n) is 3.37. The van der Waals surface area contributed by atoms with Gasteiger partial charge in [-0.1, -0.05) is 30.3 Å². The van der Waals surface area contributed by atoms with Crippen molar-refractivity contribution in [3.63, 3.8) is 0 Å². The smallest absolute Gasteiger partial charge is 0.337 e. The number of aliphatic hydroxyl groups excluding tert-OH is 1. The number of ether oxygens (including phenoxy) is 4. The molecule has 1 aliphatic rings. The number of carbonyl (C=O) groups excluding carboxylic acids is 1. The molecule has 0 saturated carbocycles. The molecule has 1 aliphatic heterocycles. The quantitative estimate of drug-likeness (QED) is 0.797. The normalized spacial score (nSPS) is 24.9. The molecule has 1 fully saturated rings. The number of methoxy groups -OCH3 is 1. The molecule has 0 aromatic heterocycles. The van der Waals surface area contributed by atoms with Gasteiger partial charge in [-0.15, -0.1) is 0 Å². The van der Waals surface area contributed by atoms with Crippen LogP contribution in [0.1, 0.15) is 19.4 Å². The van der Waals surface area contributed by atoms with Gasteiger partial charge in [0, 0.05) is 0 Å². The number of carbonyl (C=O) groups is 1. The van der Waals surface area contributed by atoms with Gasteiger partial charge in [-0.05, 0) is 19.4 Å². The maximum Gasteiger partial charge on any atom is 0.337 e. The third kappa shape index (κ3) is 4.27. The molecule has 0 aliphatic carbocycles. The average molecular weight is 310 g/mol. The van der Waals surface area contributed by atoms with E-state index < -0.39 is 30.1 Å². The summed E-state index contributed by atoms with van der Waals surface area (Å²) in [5.74, 6) is -1.64. The first-order valence-corrected chi connectivity index (χ1v) is 7.16. The van der Waals surface area contributed by atoms with E-state index in [0.29, 0.717) is 6.61 Å². The van der Waals surface area contributed by atoms with Crippen molar-refractivity contribution in [2.45, 2.75) is 44.6 Å². The third-order valence-corrected chi connectivity index (χ3v) is 3.37. The molecule has 0 spiro atoms. The van der Waals surface area contributed by atoms with E-state index in [-0.39, 0.29) is 6.61 Å². The van der Waals surface area contributed by atoms with Gasteiger partial charge in [0.15, 0.2) is 11.9 Å². The first kappa shape index (κ1) is 16.9. The second-order valence-electron chi connectivity index (χ2n) is 5.61. The highest BCUT2D eigenvalue weighted by Gasteiger charge is 2.47. The highest BCUT2D eigenvalue weighted by atomic mass is 16.8. The van der Waals surface area contributed by atoms with Gasteiger partial charge in [0.2, 0.25) is 0 Å². The Morgan fingerprint density at radius 1 is 1.32 bits per heavy atom. The molecule has 122 valence electrons. The highest BCUT2D eigenvalue weighted by Crippen LogP contribution is 2.30. The van der Waals surface area contributed by atoms with Crippen molar-refractivity contribution in [1.29, 1.82) is 0 Å². The minimum Gasteiger partial charge on any atom is -0.467 e. The van der Waals surface area contributed by atoms with Crippen molar-refractivity contribution in [3.05, 3.63) is 35.9 Å². The molecular formula is C16H22O6. The van der Waals surface area contributed by atoms with E-state index >= 15 is 0 Å². The molecule has 1 N–H and O–H groups in total. The van der Waals surface area contributed by atoms with Gasteiger partial charge < -0.3 is 24.1 Å². The standard InChI is InChI=1S/C16H22O6/c1-16(2)21-12(14(22-16)13(17)15(18)19-3)10-20-9-11-7-5-4-6-8-11/h4-8,12-14,17H,9-10H2,1-3H3/t12-,13-,14+/m1/s1. The van der Waals surface area contributed by atoms with Gasteiger partial charge >= 0.3 is 5.97 Å². The van der Waals surface area contributed by atoms with Crippen molar-refractivity contribution in [2.75, 3.05) is 13.7 Å². The molecule has 1 saturated heterocycles. The summed E-state index contributed by atoms with van der Waals surface area (Å²) in [5.41, 5.74) is 1.03. The number of esters is 1. The zero-order chi connectivity index (χ0) is 16.2. The summed E-state index contributed by atoms with van der Waals surface area (Å²) < 4.78 is 21.5. The summed E-state index contributed by atoms with van der Waals surface area (Å²) in [5, 5.41) is 10.0. The molecule has 6 heteroatoms. The molecule has 0 bridgehead atoms. The molecule has 1 heterocycles. The molecule has 1 aromatic carbocycles. The molecule has 0 radical (unpaired) electrons. The van der Waals surface area contributed by atoms with Crippen LogP contribution in [-0.2, 0) is 30.3 Å². The van der Waals surface area contributed by atoms with Crippen LogP contribution in [0.15, 0.2) is 30.3 Å². The molecular weight excluding hydrogens is 288 g/mol. The maximum absolute atomic E-state index is 11.5. The van der Waals surface area contributed by atoms with Crippen molar-refractivity contribution < 1.29 is 28.8 Å². The van der Waals surface area contributed by atoms with Gasteiger partial charge in [0.05, 0.1) is 20.3 Å². The van der Waals surface area contributed by atoms with E-state index in [1.165, 1.54) is 7.11 Å². The maximum atomic E-state index is 11.5. The SMILES string of the molecule is COC(=O)[C@H](O)[C@H]1OC(C)(C)O[C@@H]1COCc1ccccc1. The Bertz CT molecular complexity index is 487. The predicted octanol–water partition coefficient (Wildman–Crippen LogP) is 1.26. The zero-order valence-electron chi connectivity index (χ0n) is 13.0. The Balaban J connectivity index is 1.93. The molecule has 2 rings (SSSR count). The van der Waals surface area contributed by atoms with E-state index in [1.54, 1.807) is 13.8 Å². The monoisotopic (exact) mass is 310 g/mol. The number of hydrogen-bond acceptors (Lipinski definition) is 6. The van der Waals surface area contributed by atoms with Crippen LogP contribution >= 0.6 is 0 Å². The van der Waals surface area contributed by atoms with Crippen LogP contribution in [0, 0.1) is 0 Å².